The van der Waals surface area contributed by atoms with Gasteiger partial charge in [-0.15, -0.1) is 0 Å². The molecule has 0 aliphatic carbocycles. The highest BCUT2D eigenvalue weighted by Crippen LogP contribution is 2.17. The molecule has 0 unspecified atom stereocenters. The number of piperidine rings is 1. The van der Waals surface area contributed by atoms with E-state index in [9.17, 15) is 9.59 Å². The fourth-order valence-electron chi connectivity index (χ4n) is 2.34. The number of likely N-dealkylation sites (tertiary alicyclic amines) is 1. The van der Waals surface area contributed by atoms with Crippen molar-refractivity contribution in [2.75, 3.05) is 25.4 Å². The van der Waals surface area contributed by atoms with Gasteiger partial charge >= 0.3 is 0 Å². The molecule has 0 bridgehead atoms. The second-order valence-corrected chi connectivity index (χ2v) is 5.00. The lowest BCUT2D eigenvalue weighted by molar-refractivity contribution is -0.123. The average Bonchev–Trinajstić information content (AvgIpc) is 2.40. The third-order valence-corrected chi connectivity index (χ3v) is 3.59. The Labute approximate surface area is 112 Å². The summed E-state index contributed by atoms with van der Waals surface area (Å²) in [6, 6.07) is 6.95. The Kier molecular flexibility index (Phi) is 4.16. The maximum absolute atomic E-state index is 12.1. The quantitative estimate of drug-likeness (QED) is 0.615. The van der Waals surface area contributed by atoms with E-state index in [4.69, 9.17) is 11.5 Å². The summed E-state index contributed by atoms with van der Waals surface area (Å²) in [5.41, 5.74) is 12.2. The van der Waals surface area contributed by atoms with Crippen LogP contribution in [0.2, 0.25) is 0 Å². The van der Waals surface area contributed by atoms with E-state index in [-0.39, 0.29) is 17.6 Å². The molecule has 0 spiro atoms. The minimum Gasteiger partial charge on any atom is -0.399 e. The minimum absolute atomic E-state index is 0.0390. The first-order chi connectivity index (χ1) is 9.06. The summed E-state index contributed by atoms with van der Waals surface area (Å²) in [7, 11) is 0. The van der Waals surface area contributed by atoms with Gasteiger partial charge in [0.05, 0.1) is 6.54 Å². The van der Waals surface area contributed by atoms with Crippen LogP contribution in [0.4, 0.5) is 5.69 Å². The Morgan fingerprint density at radius 2 is 1.74 bits per heavy atom. The molecule has 2 rings (SSSR count). The normalized spacial score (nSPS) is 17.3. The molecular formula is C14H19N3O2. The van der Waals surface area contributed by atoms with E-state index in [2.05, 4.69) is 4.90 Å². The Hall–Kier alpha value is -1.88. The highest BCUT2D eigenvalue weighted by molar-refractivity contribution is 5.97. The number of amides is 1. The molecule has 1 aromatic rings. The van der Waals surface area contributed by atoms with Gasteiger partial charge in [-0.25, -0.2) is 0 Å². The number of ketones is 1. The summed E-state index contributed by atoms with van der Waals surface area (Å²) >= 11 is 0. The van der Waals surface area contributed by atoms with E-state index >= 15 is 0 Å². The number of carbonyl (C=O) groups is 2. The summed E-state index contributed by atoms with van der Waals surface area (Å²) in [5, 5.41) is 0. The minimum atomic E-state index is -0.232. The van der Waals surface area contributed by atoms with Gasteiger partial charge in [0.25, 0.3) is 0 Å². The molecule has 0 radical (unpaired) electrons. The van der Waals surface area contributed by atoms with Crippen LogP contribution in [-0.2, 0) is 4.79 Å². The molecule has 5 nitrogen and oxygen atoms in total. The molecule has 1 aliphatic rings. The number of hydrogen-bond acceptors (Lipinski definition) is 4. The number of rotatable bonds is 4. The predicted octanol–water partition coefficient (Wildman–Crippen LogP) is 0.649. The fourth-order valence-corrected chi connectivity index (χ4v) is 2.34. The summed E-state index contributed by atoms with van der Waals surface area (Å²) in [4.78, 5) is 25.2. The number of anilines is 1. The Bertz CT molecular complexity index is 462. The van der Waals surface area contributed by atoms with E-state index < -0.39 is 0 Å². The van der Waals surface area contributed by atoms with Crippen molar-refractivity contribution in [3.63, 3.8) is 0 Å². The van der Waals surface area contributed by atoms with Crippen molar-refractivity contribution in [2.45, 2.75) is 12.8 Å². The summed E-state index contributed by atoms with van der Waals surface area (Å²) in [5.74, 6) is -0.190. The lowest BCUT2D eigenvalue weighted by Crippen LogP contribution is -2.40. The van der Waals surface area contributed by atoms with Gasteiger partial charge in [0, 0.05) is 17.2 Å². The number of nitrogens with zero attached hydrogens (tertiary/aromatic N) is 1. The third-order valence-electron chi connectivity index (χ3n) is 3.59. The number of primary amides is 1. The monoisotopic (exact) mass is 261 g/mol. The second-order valence-electron chi connectivity index (χ2n) is 5.00. The van der Waals surface area contributed by atoms with Crippen LogP contribution in [0.3, 0.4) is 0 Å². The lowest BCUT2D eigenvalue weighted by Gasteiger charge is -2.29. The van der Waals surface area contributed by atoms with Crippen LogP contribution in [-0.4, -0.2) is 36.2 Å². The van der Waals surface area contributed by atoms with Crippen molar-refractivity contribution in [3.8, 4) is 0 Å². The Balaban J connectivity index is 1.87. The topological polar surface area (TPSA) is 89.4 Å². The van der Waals surface area contributed by atoms with Crippen LogP contribution in [0.15, 0.2) is 24.3 Å². The van der Waals surface area contributed by atoms with Crippen LogP contribution >= 0.6 is 0 Å². The number of Topliss-reactive ketones (excluding diaryl/α,β-unsaturated/α-hetero) is 1. The maximum atomic E-state index is 12.1. The Morgan fingerprint density at radius 1 is 1.16 bits per heavy atom. The van der Waals surface area contributed by atoms with Crippen molar-refractivity contribution in [1.82, 2.24) is 4.90 Å². The average molecular weight is 261 g/mol. The van der Waals surface area contributed by atoms with E-state index in [1.165, 1.54) is 0 Å². The summed E-state index contributed by atoms with van der Waals surface area (Å²) in [6.45, 7) is 1.87. The van der Waals surface area contributed by atoms with Crippen LogP contribution in [0.1, 0.15) is 23.2 Å². The van der Waals surface area contributed by atoms with E-state index in [0.29, 0.717) is 17.8 Å². The largest absolute Gasteiger partial charge is 0.399 e. The zero-order valence-corrected chi connectivity index (χ0v) is 10.8. The standard InChI is InChI=1S/C14H19N3O2/c15-12-3-1-10(2-4-12)13(18)9-17-7-5-11(6-8-17)14(16)19/h1-4,11H,5-9,15H2,(H2,16,19). The van der Waals surface area contributed by atoms with Crippen LogP contribution in [0.25, 0.3) is 0 Å². The molecule has 1 amide bonds. The molecular weight excluding hydrogens is 242 g/mol. The first kappa shape index (κ1) is 13.5. The van der Waals surface area contributed by atoms with Gasteiger partial charge in [0.2, 0.25) is 5.91 Å². The third kappa shape index (κ3) is 3.54. The number of benzene rings is 1. The molecule has 1 aromatic carbocycles. The molecule has 1 saturated heterocycles. The zero-order chi connectivity index (χ0) is 13.8. The van der Waals surface area contributed by atoms with Crippen molar-refractivity contribution in [3.05, 3.63) is 29.8 Å². The van der Waals surface area contributed by atoms with Gasteiger partial charge in [0.1, 0.15) is 0 Å². The molecule has 0 aromatic heterocycles. The summed E-state index contributed by atoms with van der Waals surface area (Å²) < 4.78 is 0. The molecule has 1 heterocycles. The van der Waals surface area contributed by atoms with Crippen molar-refractivity contribution in [1.29, 1.82) is 0 Å². The van der Waals surface area contributed by atoms with Crippen molar-refractivity contribution in [2.24, 2.45) is 11.7 Å². The van der Waals surface area contributed by atoms with E-state index in [0.717, 1.165) is 25.9 Å². The van der Waals surface area contributed by atoms with E-state index in [1.54, 1.807) is 24.3 Å². The number of nitrogens with two attached hydrogens (primary N) is 2. The first-order valence-electron chi connectivity index (χ1n) is 6.46. The molecule has 1 aliphatic heterocycles. The van der Waals surface area contributed by atoms with Crippen molar-refractivity contribution >= 4 is 17.4 Å². The second kappa shape index (κ2) is 5.84. The Morgan fingerprint density at radius 3 is 2.26 bits per heavy atom. The fraction of sp³-hybridized carbons (Fsp3) is 0.429. The van der Waals surface area contributed by atoms with Gasteiger partial charge < -0.3 is 11.5 Å². The number of carbonyl (C=O) groups excluding carboxylic acids is 2. The number of nitrogen functional groups attached to an aromatic ring is 1. The smallest absolute Gasteiger partial charge is 0.220 e. The molecule has 4 N–H and O–H groups in total. The first-order valence-corrected chi connectivity index (χ1v) is 6.46. The van der Waals surface area contributed by atoms with Gasteiger partial charge in [-0.1, -0.05) is 0 Å². The lowest BCUT2D eigenvalue weighted by atomic mass is 9.96. The molecule has 5 heteroatoms. The van der Waals surface area contributed by atoms with Crippen molar-refractivity contribution < 1.29 is 9.59 Å². The van der Waals surface area contributed by atoms with E-state index in [1.807, 2.05) is 0 Å². The zero-order valence-electron chi connectivity index (χ0n) is 10.8. The van der Waals surface area contributed by atoms with Crippen LogP contribution in [0, 0.1) is 5.92 Å². The summed E-state index contributed by atoms with van der Waals surface area (Å²) in [6.07, 6.45) is 1.48. The SMILES string of the molecule is NC(=O)C1CCN(CC(=O)c2ccc(N)cc2)CC1. The molecule has 19 heavy (non-hydrogen) atoms. The highest BCUT2D eigenvalue weighted by Gasteiger charge is 2.24. The molecule has 0 atom stereocenters. The van der Waals surface area contributed by atoms with Crippen LogP contribution < -0.4 is 11.5 Å². The maximum Gasteiger partial charge on any atom is 0.220 e. The van der Waals surface area contributed by atoms with Gasteiger partial charge in [-0.3, -0.25) is 14.5 Å². The molecule has 1 fully saturated rings. The number of hydrogen-bond donors (Lipinski definition) is 2. The molecule has 102 valence electrons. The van der Waals surface area contributed by atoms with Crippen LogP contribution in [0.5, 0.6) is 0 Å². The van der Waals surface area contributed by atoms with Gasteiger partial charge in [-0.2, -0.15) is 0 Å². The predicted molar refractivity (Wildman–Crippen MR) is 73.5 cm³/mol. The molecule has 0 saturated carbocycles. The highest BCUT2D eigenvalue weighted by atomic mass is 16.1. The van der Waals surface area contributed by atoms with Gasteiger partial charge in [0.15, 0.2) is 5.78 Å². The van der Waals surface area contributed by atoms with Gasteiger partial charge in [-0.05, 0) is 50.2 Å².